The maximum atomic E-state index is 12.5. The number of pyridine rings is 1. The minimum atomic E-state index is -0.528. The number of esters is 1. The first-order chi connectivity index (χ1) is 11.6. The molecule has 1 aliphatic rings. The lowest BCUT2D eigenvalue weighted by Crippen LogP contribution is -2.33. The zero-order chi connectivity index (χ0) is 17.3. The van der Waals surface area contributed by atoms with Crippen molar-refractivity contribution < 1.29 is 14.3 Å². The molecule has 124 valence electrons. The van der Waals surface area contributed by atoms with Crippen LogP contribution in [-0.2, 0) is 9.53 Å². The van der Waals surface area contributed by atoms with Gasteiger partial charge in [0.1, 0.15) is 5.92 Å². The Kier molecular flexibility index (Phi) is 4.66. The summed E-state index contributed by atoms with van der Waals surface area (Å²) in [6.45, 7) is 1.85. The van der Waals surface area contributed by atoms with E-state index in [1.807, 2.05) is 37.3 Å². The van der Waals surface area contributed by atoms with Gasteiger partial charge in [0.2, 0.25) is 5.88 Å². The largest absolute Gasteiger partial charge is 0.481 e. The van der Waals surface area contributed by atoms with Crippen molar-refractivity contribution in [2.75, 3.05) is 14.2 Å². The first-order valence-electron chi connectivity index (χ1n) is 7.48. The van der Waals surface area contributed by atoms with Crippen LogP contribution < -0.4 is 4.74 Å². The number of hydrogen-bond donors (Lipinski definition) is 0. The van der Waals surface area contributed by atoms with Gasteiger partial charge in [0, 0.05) is 27.9 Å². The first kappa shape index (κ1) is 16.6. The third-order valence-electron chi connectivity index (χ3n) is 4.21. The van der Waals surface area contributed by atoms with Crippen LogP contribution in [0.1, 0.15) is 24.0 Å². The van der Waals surface area contributed by atoms with Crippen LogP contribution in [0, 0.1) is 5.92 Å². The number of carbonyl (C=O) groups is 1. The molecule has 0 saturated heterocycles. The molecule has 0 N–H and O–H groups in total. The zero-order valence-corrected chi connectivity index (χ0v) is 15.2. The average Bonchev–Trinajstić information content (AvgIpc) is 2.60. The summed E-state index contributed by atoms with van der Waals surface area (Å²) in [6, 6.07) is 9.65. The van der Waals surface area contributed by atoms with E-state index in [1.54, 1.807) is 13.3 Å². The number of carbonyl (C=O) groups excluding carboxylic acids is 1. The fourth-order valence-electron chi connectivity index (χ4n) is 3.16. The molecule has 0 spiro atoms. The van der Waals surface area contributed by atoms with Crippen LogP contribution in [0.5, 0.6) is 5.88 Å². The molecule has 1 aliphatic heterocycles. The summed E-state index contributed by atoms with van der Waals surface area (Å²) < 4.78 is 11.4. The molecule has 2 aromatic rings. The number of fused-ring (bicyclic) bond motifs is 1. The molecule has 1 aromatic heterocycles. The van der Waals surface area contributed by atoms with Crippen molar-refractivity contribution in [3.8, 4) is 5.88 Å². The number of halogens is 1. The molecule has 6 heteroatoms. The zero-order valence-electron chi connectivity index (χ0n) is 13.6. The van der Waals surface area contributed by atoms with Crippen molar-refractivity contribution in [3.63, 3.8) is 0 Å². The van der Waals surface area contributed by atoms with Gasteiger partial charge in [-0.15, -0.1) is 0 Å². The van der Waals surface area contributed by atoms with Crippen LogP contribution in [0.2, 0.25) is 0 Å². The maximum absolute atomic E-state index is 12.5. The minimum Gasteiger partial charge on any atom is -0.481 e. The van der Waals surface area contributed by atoms with Gasteiger partial charge in [-0.25, -0.2) is 4.98 Å². The Morgan fingerprint density at radius 2 is 1.96 bits per heavy atom. The normalized spacial score (nSPS) is 19.2. The Bertz CT molecular complexity index is 820. The van der Waals surface area contributed by atoms with Gasteiger partial charge in [0.05, 0.1) is 19.9 Å². The van der Waals surface area contributed by atoms with E-state index in [1.165, 1.54) is 7.11 Å². The Morgan fingerprint density at radius 3 is 2.62 bits per heavy atom. The predicted octanol–water partition coefficient (Wildman–Crippen LogP) is 3.88. The highest BCUT2D eigenvalue weighted by atomic mass is 79.9. The van der Waals surface area contributed by atoms with Crippen LogP contribution in [0.15, 0.2) is 46.0 Å². The van der Waals surface area contributed by atoms with Gasteiger partial charge in [-0.2, -0.15) is 0 Å². The number of ether oxygens (including phenoxy) is 2. The summed E-state index contributed by atoms with van der Waals surface area (Å²) >= 11 is 3.60. The second-order valence-electron chi connectivity index (χ2n) is 5.51. The molecular formula is C18H17BrN2O3. The fraction of sp³-hybridized carbons (Fsp3) is 0.278. The molecule has 24 heavy (non-hydrogen) atoms. The third kappa shape index (κ3) is 2.71. The summed E-state index contributed by atoms with van der Waals surface area (Å²) in [5.74, 6) is -0.671. The van der Waals surface area contributed by atoms with Gasteiger partial charge < -0.3 is 9.47 Å². The molecule has 0 fully saturated rings. The second-order valence-corrected chi connectivity index (χ2v) is 6.36. The van der Waals surface area contributed by atoms with Gasteiger partial charge in [-0.1, -0.05) is 34.1 Å². The lowest BCUT2D eigenvalue weighted by molar-refractivity contribution is -0.143. The molecule has 3 rings (SSSR count). The number of methoxy groups -OCH3 is 2. The number of benzene rings is 1. The predicted molar refractivity (Wildman–Crippen MR) is 95.0 cm³/mol. The van der Waals surface area contributed by atoms with E-state index in [2.05, 4.69) is 25.9 Å². The topological polar surface area (TPSA) is 60.8 Å². The molecular weight excluding hydrogens is 372 g/mol. The van der Waals surface area contributed by atoms with E-state index >= 15 is 0 Å². The Morgan fingerprint density at radius 1 is 1.21 bits per heavy atom. The fourth-order valence-corrected chi connectivity index (χ4v) is 3.69. The Hall–Kier alpha value is -2.21. The Labute approximate surface area is 148 Å². The van der Waals surface area contributed by atoms with Gasteiger partial charge in [-0.05, 0) is 24.6 Å². The molecule has 2 heterocycles. The van der Waals surface area contributed by atoms with E-state index in [4.69, 9.17) is 9.47 Å². The van der Waals surface area contributed by atoms with E-state index in [9.17, 15) is 4.79 Å². The molecule has 0 bridgehead atoms. The summed E-state index contributed by atoms with van der Waals surface area (Å²) in [6.07, 6.45) is 1.66. The third-order valence-corrected chi connectivity index (χ3v) is 4.93. The van der Waals surface area contributed by atoms with Crippen molar-refractivity contribution in [1.29, 1.82) is 0 Å². The first-order valence-corrected chi connectivity index (χ1v) is 8.28. The van der Waals surface area contributed by atoms with Crippen molar-refractivity contribution in [1.82, 2.24) is 4.98 Å². The van der Waals surface area contributed by atoms with Crippen LogP contribution in [0.25, 0.3) is 0 Å². The van der Waals surface area contributed by atoms with Crippen molar-refractivity contribution in [3.05, 3.63) is 52.1 Å². The lowest BCUT2D eigenvalue weighted by Gasteiger charge is -2.31. The monoisotopic (exact) mass is 388 g/mol. The van der Waals surface area contributed by atoms with Crippen molar-refractivity contribution >= 4 is 33.3 Å². The summed E-state index contributed by atoms with van der Waals surface area (Å²) in [5, 5.41) is 0. The number of aromatic nitrogens is 1. The van der Waals surface area contributed by atoms with E-state index in [0.29, 0.717) is 11.6 Å². The van der Waals surface area contributed by atoms with E-state index in [0.717, 1.165) is 21.3 Å². The summed E-state index contributed by atoms with van der Waals surface area (Å²) in [4.78, 5) is 21.4. The van der Waals surface area contributed by atoms with Gasteiger partial charge in [0.25, 0.3) is 0 Å². The molecule has 2 atom stereocenters. The minimum absolute atomic E-state index is 0.288. The van der Waals surface area contributed by atoms with Gasteiger partial charge >= 0.3 is 5.97 Å². The molecule has 0 saturated carbocycles. The maximum Gasteiger partial charge on any atom is 0.315 e. The SMILES string of the molecule is COC(=O)C1C(C)=Nc2ccnc(OC)c2C1c1ccccc1Br. The number of nitrogens with zero attached hydrogens (tertiary/aromatic N) is 2. The quantitative estimate of drug-likeness (QED) is 0.748. The molecule has 0 aliphatic carbocycles. The molecule has 0 amide bonds. The second kappa shape index (κ2) is 6.73. The Balaban J connectivity index is 2.30. The summed E-state index contributed by atoms with van der Waals surface area (Å²) in [7, 11) is 2.96. The van der Waals surface area contributed by atoms with Crippen molar-refractivity contribution in [2.24, 2.45) is 10.9 Å². The molecule has 2 unspecified atom stereocenters. The molecule has 0 radical (unpaired) electrons. The van der Waals surface area contributed by atoms with Crippen LogP contribution in [0.3, 0.4) is 0 Å². The molecule has 1 aromatic carbocycles. The lowest BCUT2D eigenvalue weighted by atomic mass is 9.76. The number of aliphatic imine (C=N–C) groups is 1. The standard InChI is InChI=1S/C18H17BrN2O3/c1-10-14(18(22)24-3)15(11-6-4-5-7-12(11)19)16-13(21-10)8-9-20-17(16)23-2/h4-9,14-15H,1-3H3. The smallest absolute Gasteiger partial charge is 0.315 e. The molecule has 5 nitrogen and oxygen atoms in total. The number of hydrogen-bond acceptors (Lipinski definition) is 5. The summed E-state index contributed by atoms with van der Waals surface area (Å²) in [5.41, 5.74) is 3.24. The van der Waals surface area contributed by atoms with Crippen molar-refractivity contribution in [2.45, 2.75) is 12.8 Å². The van der Waals surface area contributed by atoms with Gasteiger partial charge in [-0.3, -0.25) is 9.79 Å². The van der Waals surface area contributed by atoms with Gasteiger partial charge in [0.15, 0.2) is 0 Å². The van der Waals surface area contributed by atoms with Crippen LogP contribution >= 0.6 is 15.9 Å². The average molecular weight is 389 g/mol. The van der Waals surface area contributed by atoms with E-state index in [-0.39, 0.29) is 11.9 Å². The van der Waals surface area contributed by atoms with Crippen LogP contribution in [0.4, 0.5) is 5.69 Å². The van der Waals surface area contributed by atoms with E-state index < -0.39 is 5.92 Å². The van der Waals surface area contributed by atoms with Crippen LogP contribution in [-0.4, -0.2) is 30.9 Å². The highest BCUT2D eigenvalue weighted by molar-refractivity contribution is 9.10. The number of rotatable bonds is 3. The highest BCUT2D eigenvalue weighted by Gasteiger charge is 2.41. The highest BCUT2D eigenvalue weighted by Crippen LogP contribution is 2.47.